The highest BCUT2D eigenvalue weighted by molar-refractivity contribution is 6.31. The lowest BCUT2D eigenvalue weighted by atomic mass is 10.2. The van der Waals surface area contributed by atoms with Crippen molar-refractivity contribution >= 4 is 23.2 Å². The molecule has 0 aliphatic heterocycles. The average molecular weight is 321 g/mol. The van der Waals surface area contributed by atoms with E-state index < -0.39 is 5.91 Å². The van der Waals surface area contributed by atoms with Crippen LogP contribution in [0.3, 0.4) is 0 Å². The molecule has 0 fully saturated rings. The monoisotopic (exact) mass is 320 g/mol. The van der Waals surface area contributed by atoms with Crippen LogP contribution in [0.1, 0.15) is 12.0 Å². The summed E-state index contributed by atoms with van der Waals surface area (Å²) >= 11 is 5.91. The number of benzene rings is 1. The average Bonchev–Trinajstić information content (AvgIpc) is 2.46. The third-order valence-electron chi connectivity index (χ3n) is 2.99. The van der Waals surface area contributed by atoms with E-state index in [0.29, 0.717) is 17.3 Å². The summed E-state index contributed by atoms with van der Waals surface area (Å²) in [5.41, 5.74) is 1.52. The first kappa shape index (κ1) is 18.0. The number of halogens is 1. The molecule has 0 aromatic heterocycles. The number of carbonyl (C=O) groups is 1. The summed E-state index contributed by atoms with van der Waals surface area (Å²) in [6, 6.07) is 7.12. The molecule has 0 radical (unpaired) electrons. The summed E-state index contributed by atoms with van der Waals surface area (Å²) in [6.45, 7) is 3.50. The number of nitriles is 1. The van der Waals surface area contributed by atoms with E-state index in [2.05, 4.69) is 15.5 Å². The van der Waals surface area contributed by atoms with Crippen LogP contribution in [-0.2, 0) is 4.79 Å². The van der Waals surface area contributed by atoms with Gasteiger partial charge in [0.2, 0.25) is 0 Å². The maximum absolute atomic E-state index is 12.1. The molecule has 0 bridgehead atoms. The summed E-state index contributed by atoms with van der Waals surface area (Å²) in [5.74, 6) is -0.451. The third kappa shape index (κ3) is 6.17. The zero-order valence-electron chi connectivity index (χ0n) is 13.1. The highest BCUT2D eigenvalue weighted by Gasteiger charge is 2.10. The van der Waals surface area contributed by atoms with Crippen molar-refractivity contribution in [1.29, 1.82) is 5.26 Å². The summed E-state index contributed by atoms with van der Waals surface area (Å²) in [6.07, 6.45) is 2.38. The van der Waals surface area contributed by atoms with Gasteiger partial charge in [-0.05, 0) is 51.7 Å². The number of anilines is 1. The van der Waals surface area contributed by atoms with Gasteiger partial charge in [-0.3, -0.25) is 4.79 Å². The number of amides is 1. The Labute approximate surface area is 136 Å². The van der Waals surface area contributed by atoms with Crippen LogP contribution < -0.4 is 10.6 Å². The van der Waals surface area contributed by atoms with E-state index in [1.165, 1.54) is 6.20 Å². The molecule has 0 spiro atoms. The number of nitrogens with one attached hydrogen (secondary N) is 2. The molecule has 2 N–H and O–H groups in total. The zero-order valence-corrected chi connectivity index (χ0v) is 13.9. The van der Waals surface area contributed by atoms with Gasteiger partial charge >= 0.3 is 0 Å². The van der Waals surface area contributed by atoms with E-state index in [9.17, 15) is 4.79 Å². The van der Waals surface area contributed by atoms with Crippen LogP contribution in [0, 0.1) is 18.3 Å². The first-order valence-corrected chi connectivity index (χ1v) is 7.37. The third-order valence-corrected chi connectivity index (χ3v) is 3.22. The van der Waals surface area contributed by atoms with Gasteiger partial charge in [-0.2, -0.15) is 5.26 Å². The second kappa shape index (κ2) is 9.08. The Morgan fingerprint density at radius 2 is 2.18 bits per heavy atom. The van der Waals surface area contributed by atoms with Gasteiger partial charge in [0.15, 0.2) is 0 Å². The number of carbonyl (C=O) groups excluding carboxylic acids is 1. The minimum Gasteiger partial charge on any atom is -0.390 e. The lowest BCUT2D eigenvalue weighted by Crippen LogP contribution is -2.20. The Morgan fingerprint density at radius 3 is 2.82 bits per heavy atom. The van der Waals surface area contributed by atoms with E-state index in [1.807, 2.05) is 33.2 Å². The second-order valence-corrected chi connectivity index (χ2v) is 5.63. The molecule has 1 amide bonds. The van der Waals surface area contributed by atoms with Crippen molar-refractivity contribution in [3.05, 3.63) is 40.6 Å². The molecule has 6 heteroatoms. The quantitative estimate of drug-likeness (QED) is 0.460. The van der Waals surface area contributed by atoms with Crippen molar-refractivity contribution in [3.8, 4) is 6.07 Å². The standard InChI is InChI=1S/C16H21ClN4O/c1-12-5-6-14(17)9-15(12)20-16(22)13(10-18)11-19-7-4-8-21(2)3/h5-6,9,11,19H,4,7-8H2,1-3H3,(H,20,22)/b13-11-. The fourth-order valence-electron chi connectivity index (χ4n) is 1.74. The number of hydrogen-bond donors (Lipinski definition) is 2. The van der Waals surface area contributed by atoms with Gasteiger partial charge in [-0.15, -0.1) is 0 Å². The van der Waals surface area contributed by atoms with Gasteiger partial charge in [-0.25, -0.2) is 0 Å². The molecular formula is C16H21ClN4O. The summed E-state index contributed by atoms with van der Waals surface area (Å²) in [4.78, 5) is 14.2. The van der Waals surface area contributed by atoms with E-state index in [-0.39, 0.29) is 5.57 Å². The molecule has 1 aromatic carbocycles. The minimum absolute atomic E-state index is 0.0317. The summed E-state index contributed by atoms with van der Waals surface area (Å²) in [7, 11) is 3.99. The van der Waals surface area contributed by atoms with Crippen molar-refractivity contribution in [2.75, 3.05) is 32.5 Å². The van der Waals surface area contributed by atoms with Crippen molar-refractivity contribution < 1.29 is 4.79 Å². The van der Waals surface area contributed by atoms with Crippen LogP contribution in [0.4, 0.5) is 5.69 Å². The Morgan fingerprint density at radius 1 is 1.45 bits per heavy atom. The number of nitrogens with zero attached hydrogens (tertiary/aromatic N) is 2. The molecule has 22 heavy (non-hydrogen) atoms. The van der Waals surface area contributed by atoms with E-state index in [0.717, 1.165) is 18.5 Å². The first-order chi connectivity index (χ1) is 10.4. The normalized spacial score (nSPS) is 11.2. The molecule has 0 saturated heterocycles. The van der Waals surface area contributed by atoms with Gasteiger partial charge in [0.1, 0.15) is 11.6 Å². The maximum Gasteiger partial charge on any atom is 0.267 e. The molecule has 1 aromatic rings. The van der Waals surface area contributed by atoms with Crippen LogP contribution in [0.15, 0.2) is 30.0 Å². The van der Waals surface area contributed by atoms with Crippen molar-refractivity contribution in [2.24, 2.45) is 0 Å². The topological polar surface area (TPSA) is 68.2 Å². The highest BCUT2D eigenvalue weighted by atomic mass is 35.5. The molecule has 1 rings (SSSR count). The van der Waals surface area contributed by atoms with Gasteiger partial charge in [0.05, 0.1) is 0 Å². The molecule has 118 valence electrons. The Balaban J connectivity index is 2.61. The summed E-state index contributed by atoms with van der Waals surface area (Å²) < 4.78 is 0. The van der Waals surface area contributed by atoms with Gasteiger partial charge < -0.3 is 15.5 Å². The number of hydrogen-bond acceptors (Lipinski definition) is 4. The second-order valence-electron chi connectivity index (χ2n) is 5.19. The number of rotatable bonds is 7. The van der Waals surface area contributed by atoms with Crippen molar-refractivity contribution in [2.45, 2.75) is 13.3 Å². The predicted octanol–water partition coefficient (Wildman–Crippen LogP) is 2.54. The van der Waals surface area contributed by atoms with Crippen LogP contribution in [0.2, 0.25) is 5.02 Å². The molecule has 0 atom stereocenters. The van der Waals surface area contributed by atoms with E-state index in [1.54, 1.807) is 12.1 Å². The predicted molar refractivity (Wildman–Crippen MR) is 89.7 cm³/mol. The van der Waals surface area contributed by atoms with Gasteiger partial charge in [0.25, 0.3) is 5.91 Å². The number of aryl methyl sites for hydroxylation is 1. The van der Waals surface area contributed by atoms with Crippen molar-refractivity contribution in [1.82, 2.24) is 10.2 Å². The lowest BCUT2D eigenvalue weighted by Gasteiger charge is -2.10. The largest absolute Gasteiger partial charge is 0.390 e. The fourth-order valence-corrected chi connectivity index (χ4v) is 1.91. The Hall–Kier alpha value is -2.03. The highest BCUT2D eigenvalue weighted by Crippen LogP contribution is 2.20. The molecular weight excluding hydrogens is 300 g/mol. The SMILES string of the molecule is Cc1ccc(Cl)cc1NC(=O)/C(C#N)=C\NCCCN(C)C. The van der Waals surface area contributed by atoms with Crippen molar-refractivity contribution in [3.63, 3.8) is 0 Å². The summed E-state index contributed by atoms with van der Waals surface area (Å²) in [5, 5.41) is 15.3. The molecule has 0 saturated carbocycles. The molecule has 0 aliphatic carbocycles. The van der Waals surface area contributed by atoms with E-state index in [4.69, 9.17) is 16.9 Å². The van der Waals surface area contributed by atoms with Crippen LogP contribution in [-0.4, -0.2) is 38.0 Å². The smallest absolute Gasteiger partial charge is 0.267 e. The van der Waals surface area contributed by atoms with E-state index >= 15 is 0 Å². The Kier molecular flexibility index (Phi) is 7.44. The molecule has 5 nitrogen and oxygen atoms in total. The van der Waals surface area contributed by atoms with Crippen LogP contribution in [0.25, 0.3) is 0 Å². The first-order valence-electron chi connectivity index (χ1n) is 7.00. The molecule has 0 heterocycles. The fraction of sp³-hybridized carbons (Fsp3) is 0.375. The molecule has 0 unspecified atom stereocenters. The molecule has 0 aliphatic rings. The zero-order chi connectivity index (χ0) is 16.5. The Bertz CT molecular complexity index is 590. The minimum atomic E-state index is -0.451. The van der Waals surface area contributed by atoms with Crippen LogP contribution >= 0.6 is 11.6 Å². The van der Waals surface area contributed by atoms with Gasteiger partial charge in [0, 0.05) is 23.5 Å². The van der Waals surface area contributed by atoms with Crippen LogP contribution in [0.5, 0.6) is 0 Å². The lowest BCUT2D eigenvalue weighted by molar-refractivity contribution is -0.112. The maximum atomic E-state index is 12.1. The van der Waals surface area contributed by atoms with Gasteiger partial charge in [-0.1, -0.05) is 17.7 Å².